The van der Waals surface area contributed by atoms with Gasteiger partial charge in [0.2, 0.25) is 0 Å². The van der Waals surface area contributed by atoms with Crippen LogP contribution in [0.1, 0.15) is 0 Å². The molecular weight excluding hydrogens is 144 g/mol. The van der Waals surface area contributed by atoms with Gasteiger partial charge >= 0.3 is 5.97 Å². The first-order valence-electron chi connectivity index (χ1n) is 3.20. The number of aliphatic carboxylic acids is 1. The van der Waals surface area contributed by atoms with Crippen molar-refractivity contribution in [3.63, 3.8) is 0 Å². The predicted octanol–water partition coefficient (Wildman–Crippen LogP) is -0.573. The van der Waals surface area contributed by atoms with E-state index in [9.17, 15) is 4.79 Å². The Morgan fingerprint density at radius 2 is 2.09 bits per heavy atom. The van der Waals surface area contributed by atoms with Gasteiger partial charge in [-0.25, -0.2) is 0 Å². The first kappa shape index (κ1) is 7.97. The predicted molar refractivity (Wildman–Crippen MR) is 40.5 cm³/mol. The summed E-state index contributed by atoms with van der Waals surface area (Å²) in [5.74, 6) is -1.83. The summed E-state index contributed by atoms with van der Waals surface area (Å²) < 4.78 is 0. The molecule has 5 N–H and O–H groups in total. The number of rotatable bonds is 1. The van der Waals surface area contributed by atoms with Crippen molar-refractivity contribution in [2.45, 2.75) is 5.66 Å². The standard InChI is InChI=1S/C7H10N2O2/c8-7(9)4-2-1-3-5(7)6(10)11/h1-5H,8-9H2,(H,10,11). The maximum absolute atomic E-state index is 10.5. The lowest BCUT2D eigenvalue weighted by Crippen LogP contribution is -2.56. The lowest BCUT2D eigenvalue weighted by atomic mass is 9.90. The van der Waals surface area contributed by atoms with Gasteiger partial charge < -0.3 is 16.6 Å². The Morgan fingerprint density at radius 3 is 2.45 bits per heavy atom. The van der Waals surface area contributed by atoms with Crippen LogP contribution >= 0.6 is 0 Å². The van der Waals surface area contributed by atoms with Crippen LogP contribution in [0.2, 0.25) is 0 Å². The summed E-state index contributed by atoms with van der Waals surface area (Å²) in [6.07, 6.45) is 6.21. The van der Waals surface area contributed by atoms with Crippen LogP contribution < -0.4 is 11.5 Å². The molecule has 1 atom stereocenters. The van der Waals surface area contributed by atoms with Crippen molar-refractivity contribution in [3.05, 3.63) is 24.3 Å². The van der Waals surface area contributed by atoms with Gasteiger partial charge in [0.1, 0.15) is 11.6 Å². The van der Waals surface area contributed by atoms with Gasteiger partial charge in [0.05, 0.1) is 0 Å². The average Bonchev–Trinajstić information content (AvgIpc) is 1.85. The van der Waals surface area contributed by atoms with Crippen molar-refractivity contribution in [1.29, 1.82) is 0 Å². The molecule has 1 rings (SSSR count). The molecule has 0 saturated heterocycles. The largest absolute Gasteiger partial charge is 0.481 e. The Bertz CT molecular complexity index is 231. The maximum Gasteiger partial charge on any atom is 0.313 e. The highest BCUT2D eigenvalue weighted by molar-refractivity contribution is 5.75. The quantitative estimate of drug-likeness (QED) is 0.441. The fourth-order valence-electron chi connectivity index (χ4n) is 0.964. The molecule has 0 fully saturated rings. The van der Waals surface area contributed by atoms with E-state index >= 15 is 0 Å². The number of carbonyl (C=O) groups is 1. The molecule has 0 aliphatic heterocycles. The molecule has 1 aliphatic carbocycles. The second-order valence-electron chi connectivity index (χ2n) is 2.56. The summed E-state index contributed by atoms with van der Waals surface area (Å²) in [6.45, 7) is 0. The number of allylic oxidation sites excluding steroid dienone is 2. The minimum Gasteiger partial charge on any atom is -0.481 e. The summed E-state index contributed by atoms with van der Waals surface area (Å²) in [6, 6.07) is 0. The minimum absolute atomic E-state index is 0.826. The van der Waals surface area contributed by atoms with E-state index in [0.29, 0.717) is 0 Å². The Morgan fingerprint density at radius 1 is 1.45 bits per heavy atom. The molecule has 0 saturated carbocycles. The van der Waals surface area contributed by atoms with Crippen molar-refractivity contribution >= 4 is 5.97 Å². The normalized spacial score (nSPS) is 26.9. The number of hydrogen-bond acceptors (Lipinski definition) is 3. The van der Waals surface area contributed by atoms with Gasteiger partial charge in [-0.1, -0.05) is 18.2 Å². The molecule has 0 spiro atoms. The van der Waals surface area contributed by atoms with E-state index in [1.807, 2.05) is 0 Å². The van der Waals surface area contributed by atoms with Gasteiger partial charge in [-0.05, 0) is 6.08 Å². The van der Waals surface area contributed by atoms with E-state index in [-0.39, 0.29) is 0 Å². The van der Waals surface area contributed by atoms with Crippen LogP contribution in [0.5, 0.6) is 0 Å². The Hall–Kier alpha value is -1.13. The van der Waals surface area contributed by atoms with E-state index in [0.717, 1.165) is 0 Å². The fraction of sp³-hybridized carbons (Fsp3) is 0.286. The second kappa shape index (κ2) is 2.48. The summed E-state index contributed by atoms with van der Waals surface area (Å²) >= 11 is 0. The van der Waals surface area contributed by atoms with Crippen LogP contribution in [0.3, 0.4) is 0 Å². The lowest BCUT2D eigenvalue weighted by molar-refractivity contribution is -0.141. The first-order valence-corrected chi connectivity index (χ1v) is 3.20. The molecule has 4 heteroatoms. The maximum atomic E-state index is 10.5. The number of nitrogens with two attached hydrogens (primary N) is 2. The minimum atomic E-state index is -1.25. The molecule has 0 radical (unpaired) electrons. The molecule has 11 heavy (non-hydrogen) atoms. The molecular formula is C7H10N2O2. The van der Waals surface area contributed by atoms with Crippen molar-refractivity contribution < 1.29 is 9.90 Å². The smallest absolute Gasteiger partial charge is 0.313 e. The summed E-state index contributed by atoms with van der Waals surface area (Å²) in [5, 5.41) is 8.63. The molecule has 0 amide bonds. The van der Waals surface area contributed by atoms with E-state index in [1.165, 1.54) is 12.2 Å². The van der Waals surface area contributed by atoms with Gasteiger partial charge in [-0.15, -0.1) is 0 Å². The molecule has 0 bridgehead atoms. The van der Waals surface area contributed by atoms with Gasteiger partial charge in [0.25, 0.3) is 0 Å². The molecule has 0 heterocycles. The highest BCUT2D eigenvalue weighted by atomic mass is 16.4. The lowest BCUT2D eigenvalue weighted by Gasteiger charge is -2.27. The molecule has 1 aliphatic rings. The van der Waals surface area contributed by atoms with E-state index < -0.39 is 17.6 Å². The van der Waals surface area contributed by atoms with Crippen molar-refractivity contribution in [2.24, 2.45) is 17.4 Å². The van der Waals surface area contributed by atoms with Gasteiger partial charge in [-0.2, -0.15) is 0 Å². The van der Waals surface area contributed by atoms with Crippen molar-refractivity contribution in [2.75, 3.05) is 0 Å². The fourth-order valence-corrected chi connectivity index (χ4v) is 0.964. The Balaban J connectivity index is 2.89. The van der Waals surface area contributed by atoms with Crippen LogP contribution in [-0.4, -0.2) is 16.7 Å². The Kier molecular flexibility index (Phi) is 1.80. The highest BCUT2D eigenvalue weighted by Gasteiger charge is 2.33. The molecule has 1 unspecified atom stereocenters. The third-order valence-electron chi connectivity index (χ3n) is 1.60. The van der Waals surface area contributed by atoms with Crippen LogP contribution in [0.15, 0.2) is 24.3 Å². The number of hydrogen-bond donors (Lipinski definition) is 3. The summed E-state index contributed by atoms with van der Waals surface area (Å²) in [7, 11) is 0. The topological polar surface area (TPSA) is 89.3 Å². The zero-order chi connectivity index (χ0) is 8.48. The zero-order valence-corrected chi connectivity index (χ0v) is 5.90. The third kappa shape index (κ3) is 1.47. The van der Waals surface area contributed by atoms with Crippen LogP contribution in [-0.2, 0) is 4.79 Å². The van der Waals surface area contributed by atoms with E-state index in [4.69, 9.17) is 16.6 Å². The van der Waals surface area contributed by atoms with Crippen molar-refractivity contribution in [1.82, 2.24) is 0 Å². The Labute approximate surface area is 64.2 Å². The highest BCUT2D eigenvalue weighted by Crippen LogP contribution is 2.16. The monoisotopic (exact) mass is 154 g/mol. The molecule has 4 nitrogen and oxygen atoms in total. The summed E-state index contributed by atoms with van der Waals surface area (Å²) in [4.78, 5) is 10.5. The molecule has 0 aromatic carbocycles. The second-order valence-corrected chi connectivity index (χ2v) is 2.56. The first-order chi connectivity index (χ1) is 5.04. The average molecular weight is 154 g/mol. The summed E-state index contributed by atoms with van der Waals surface area (Å²) in [5.41, 5.74) is 9.71. The van der Waals surface area contributed by atoms with Crippen molar-refractivity contribution in [3.8, 4) is 0 Å². The zero-order valence-electron chi connectivity index (χ0n) is 5.90. The van der Waals surface area contributed by atoms with Gasteiger partial charge in [0, 0.05) is 0 Å². The van der Waals surface area contributed by atoms with E-state index in [1.54, 1.807) is 12.2 Å². The number of carboxylic acids is 1. The SMILES string of the molecule is NC1(N)C=CC=CC1C(=O)O. The molecule has 0 aromatic heterocycles. The van der Waals surface area contributed by atoms with Gasteiger partial charge in [-0.3, -0.25) is 4.79 Å². The molecule has 0 aromatic rings. The third-order valence-corrected chi connectivity index (χ3v) is 1.60. The number of carboxylic acid groups (broad SMARTS) is 1. The van der Waals surface area contributed by atoms with Crippen LogP contribution in [0.4, 0.5) is 0 Å². The van der Waals surface area contributed by atoms with Crippen LogP contribution in [0.25, 0.3) is 0 Å². The van der Waals surface area contributed by atoms with Gasteiger partial charge in [0.15, 0.2) is 0 Å². The van der Waals surface area contributed by atoms with Crippen LogP contribution in [0, 0.1) is 5.92 Å². The molecule has 60 valence electrons. The van der Waals surface area contributed by atoms with E-state index in [2.05, 4.69) is 0 Å².